The molecule has 0 fully saturated rings. The van der Waals surface area contributed by atoms with Gasteiger partial charge in [-0.2, -0.15) is 0 Å². The van der Waals surface area contributed by atoms with Crippen LogP contribution in [0.5, 0.6) is 0 Å². The van der Waals surface area contributed by atoms with Gasteiger partial charge in [0, 0.05) is 8.95 Å². The maximum absolute atomic E-state index is 8.94. The van der Waals surface area contributed by atoms with E-state index >= 15 is 0 Å². The van der Waals surface area contributed by atoms with E-state index in [9.17, 15) is 0 Å². The zero-order chi connectivity index (χ0) is 9.30. The van der Waals surface area contributed by atoms with E-state index in [1.54, 1.807) is 6.07 Å². The Hall–Kier alpha value is 0.165. The van der Waals surface area contributed by atoms with Gasteiger partial charge in [-0.05, 0) is 56.4 Å². The average molecular weight is 294 g/mol. The van der Waals surface area contributed by atoms with Crippen molar-refractivity contribution in [2.24, 2.45) is 0 Å². The van der Waals surface area contributed by atoms with Crippen molar-refractivity contribution in [1.29, 1.82) is 0 Å². The summed E-state index contributed by atoms with van der Waals surface area (Å²) in [5.74, 6) is 0. The SMILES string of the molecule is Cc1cc(Br)c(Br)cc1B(O)O. The molecule has 0 amide bonds. The van der Waals surface area contributed by atoms with Crippen LogP contribution in [0.25, 0.3) is 0 Å². The molecule has 0 saturated carbocycles. The zero-order valence-corrected chi connectivity index (χ0v) is 9.55. The molecule has 0 aromatic heterocycles. The van der Waals surface area contributed by atoms with Gasteiger partial charge in [0.25, 0.3) is 0 Å². The topological polar surface area (TPSA) is 40.5 Å². The van der Waals surface area contributed by atoms with Crippen LogP contribution in [0.3, 0.4) is 0 Å². The van der Waals surface area contributed by atoms with Gasteiger partial charge >= 0.3 is 7.12 Å². The van der Waals surface area contributed by atoms with Crippen LogP contribution in [-0.4, -0.2) is 17.2 Å². The summed E-state index contributed by atoms with van der Waals surface area (Å²) >= 11 is 6.60. The molecule has 0 bridgehead atoms. The molecule has 0 heterocycles. The number of hydrogen-bond donors (Lipinski definition) is 2. The van der Waals surface area contributed by atoms with E-state index in [4.69, 9.17) is 10.0 Å². The Bertz CT molecular complexity index is 302. The minimum atomic E-state index is -1.41. The molecule has 1 aromatic rings. The molecule has 12 heavy (non-hydrogen) atoms. The van der Waals surface area contributed by atoms with Crippen LogP contribution in [0.15, 0.2) is 21.1 Å². The van der Waals surface area contributed by atoms with Gasteiger partial charge in [-0.25, -0.2) is 0 Å². The fourth-order valence-electron chi connectivity index (χ4n) is 0.940. The first kappa shape index (κ1) is 10.2. The van der Waals surface area contributed by atoms with Crippen LogP contribution in [0.2, 0.25) is 0 Å². The quantitative estimate of drug-likeness (QED) is 0.764. The fraction of sp³-hybridized carbons (Fsp3) is 0.143. The zero-order valence-electron chi connectivity index (χ0n) is 6.38. The number of hydrogen-bond acceptors (Lipinski definition) is 2. The van der Waals surface area contributed by atoms with E-state index in [1.165, 1.54) is 0 Å². The molecule has 0 aliphatic rings. The largest absolute Gasteiger partial charge is 0.488 e. The highest BCUT2D eigenvalue weighted by Crippen LogP contribution is 2.22. The monoisotopic (exact) mass is 292 g/mol. The summed E-state index contributed by atoms with van der Waals surface area (Å²) in [6, 6.07) is 3.52. The van der Waals surface area contributed by atoms with Crippen molar-refractivity contribution < 1.29 is 10.0 Å². The minimum Gasteiger partial charge on any atom is -0.423 e. The summed E-state index contributed by atoms with van der Waals surface area (Å²) in [6.07, 6.45) is 0. The van der Waals surface area contributed by atoms with Crippen LogP contribution in [-0.2, 0) is 0 Å². The lowest BCUT2D eigenvalue weighted by molar-refractivity contribution is 0.425. The standard InChI is InChI=1S/C7H7BBr2O2/c1-4-2-6(9)7(10)3-5(4)8(11)12/h2-3,11-12H,1H3. The van der Waals surface area contributed by atoms with Crippen molar-refractivity contribution in [3.8, 4) is 0 Å². The van der Waals surface area contributed by atoms with Crippen molar-refractivity contribution in [3.05, 3.63) is 26.6 Å². The second-order valence-corrected chi connectivity index (χ2v) is 4.21. The average Bonchev–Trinajstić information content (AvgIpc) is 1.96. The van der Waals surface area contributed by atoms with Crippen molar-refractivity contribution in [3.63, 3.8) is 0 Å². The normalized spacial score (nSPS) is 10.1. The van der Waals surface area contributed by atoms with Crippen molar-refractivity contribution in [1.82, 2.24) is 0 Å². The molecule has 1 aromatic carbocycles. The summed E-state index contributed by atoms with van der Waals surface area (Å²) in [5.41, 5.74) is 1.37. The Morgan fingerprint density at radius 1 is 1.17 bits per heavy atom. The van der Waals surface area contributed by atoms with E-state index in [1.807, 2.05) is 13.0 Å². The van der Waals surface area contributed by atoms with Crippen LogP contribution >= 0.6 is 31.9 Å². The van der Waals surface area contributed by atoms with Gasteiger partial charge in [0.15, 0.2) is 0 Å². The maximum atomic E-state index is 8.94. The molecule has 2 nitrogen and oxygen atoms in total. The second kappa shape index (κ2) is 3.92. The first-order valence-corrected chi connectivity index (χ1v) is 4.92. The van der Waals surface area contributed by atoms with Gasteiger partial charge in [0.1, 0.15) is 0 Å². The molecule has 64 valence electrons. The van der Waals surface area contributed by atoms with Gasteiger partial charge in [-0.1, -0.05) is 5.56 Å². The molecule has 0 atom stereocenters. The van der Waals surface area contributed by atoms with Crippen LogP contribution in [0.1, 0.15) is 5.56 Å². The molecule has 0 unspecified atom stereocenters. The van der Waals surface area contributed by atoms with Crippen molar-refractivity contribution >= 4 is 44.4 Å². The Kier molecular flexibility index (Phi) is 3.34. The van der Waals surface area contributed by atoms with E-state index in [0.29, 0.717) is 5.46 Å². The minimum absolute atomic E-state index is 0.519. The highest BCUT2D eigenvalue weighted by molar-refractivity contribution is 9.13. The molecule has 0 saturated heterocycles. The predicted molar refractivity (Wildman–Crippen MR) is 56.4 cm³/mol. The maximum Gasteiger partial charge on any atom is 0.488 e. The summed E-state index contributed by atoms with van der Waals surface area (Å²) in [5, 5.41) is 17.9. The smallest absolute Gasteiger partial charge is 0.423 e. The van der Waals surface area contributed by atoms with Crippen molar-refractivity contribution in [2.45, 2.75) is 6.92 Å². The Morgan fingerprint density at radius 3 is 2.17 bits per heavy atom. The molecule has 5 heteroatoms. The number of benzene rings is 1. The fourth-order valence-corrected chi connectivity index (χ4v) is 1.76. The van der Waals surface area contributed by atoms with Gasteiger partial charge in [-0.3, -0.25) is 0 Å². The Labute approximate surface area is 88.0 Å². The molecular weight excluding hydrogens is 287 g/mol. The molecule has 0 aliphatic heterocycles. The Balaban J connectivity index is 3.23. The van der Waals surface area contributed by atoms with Gasteiger partial charge in [0.05, 0.1) is 0 Å². The summed E-state index contributed by atoms with van der Waals surface area (Å²) < 4.78 is 1.72. The van der Waals surface area contributed by atoms with Crippen molar-refractivity contribution in [2.75, 3.05) is 0 Å². The molecule has 1 rings (SSSR count). The number of halogens is 2. The highest BCUT2D eigenvalue weighted by atomic mass is 79.9. The Morgan fingerprint density at radius 2 is 1.67 bits per heavy atom. The molecule has 0 radical (unpaired) electrons. The number of aryl methyl sites for hydroxylation is 1. The summed E-state index contributed by atoms with van der Waals surface area (Å²) in [6.45, 7) is 1.83. The third-order valence-electron chi connectivity index (χ3n) is 1.59. The molecule has 0 spiro atoms. The summed E-state index contributed by atoms with van der Waals surface area (Å²) in [4.78, 5) is 0. The van der Waals surface area contributed by atoms with Crippen LogP contribution in [0.4, 0.5) is 0 Å². The van der Waals surface area contributed by atoms with E-state index in [-0.39, 0.29) is 0 Å². The van der Waals surface area contributed by atoms with Crippen LogP contribution in [0, 0.1) is 6.92 Å². The molecule has 0 aliphatic carbocycles. The van der Waals surface area contributed by atoms with E-state index in [0.717, 1.165) is 14.5 Å². The molecule has 2 N–H and O–H groups in total. The lowest BCUT2D eigenvalue weighted by atomic mass is 9.77. The highest BCUT2D eigenvalue weighted by Gasteiger charge is 2.15. The van der Waals surface area contributed by atoms with Gasteiger partial charge in [0.2, 0.25) is 0 Å². The second-order valence-electron chi connectivity index (χ2n) is 2.50. The third kappa shape index (κ3) is 2.10. The van der Waals surface area contributed by atoms with Gasteiger partial charge in [-0.15, -0.1) is 0 Å². The van der Waals surface area contributed by atoms with E-state index < -0.39 is 7.12 Å². The first-order chi connectivity index (χ1) is 5.52. The van der Waals surface area contributed by atoms with Crippen LogP contribution < -0.4 is 5.46 Å². The van der Waals surface area contributed by atoms with Gasteiger partial charge < -0.3 is 10.0 Å². The first-order valence-electron chi connectivity index (χ1n) is 3.34. The summed E-state index contributed by atoms with van der Waals surface area (Å²) in [7, 11) is -1.41. The lowest BCUT2D eigenvalue weighted by Crippen LogP contribution is -2.32. The number of rotatable bonds is 1. The predicted octanol–water partition coefficient (Wildman–Crippen LogP) is 1.20. The third-order valence-corrected chi connectivity index (χ3v) is 3.43. The lowest BCUT2D eigenvalue weighted by Gasteiger charge is -2.06. The van der Waals surface area contributed by atoms with E-state index in [2.05, 4.69) is 31.9 Å². The molecular formula is C7H7BBr2O2.